The molecular weight excluding hydrogens is 552 g/mol. The molecule has 0 saturated heterocycles. The van der Waals surface area contributed by atoms with Gasteiger partial charge in [0.2, 0.25) is 9.70 Å². The molecule has 1 amide bonds. The van der Waals surface area contributed by atoms with E-state index in [1.54, 1.807) is 0 Å². The monoisotopic (exact) mass is 577 g/mol. The van der Waals surface area contributed by atoms with Crippen LogP contribution in [0.25, 0.3) is 0 Å². The van der Waals surface area contributed by atoms with E-state index in [1.165, 1.54) is 25.7 Å². The Morgan fingerprint density at radius 3 is 2.18 bits per heavy atom. The van der Waals surface area contributed by atoms with Crippen LogP contribution in [0.15, 0.2) is 24.3 Å². The van der Waals surface area contributed by atoms with E-state index in [4.69, 9.17) is 47.0 Å². The van der Waals surface area contributed by atoms with Crippen LogP contribution < -0.4 is 16.0 Å². The summed E-state index contributed by atoms with van der Waals surface area (Å²) in [5, 5.41) is 8.86. The standard InChI is InChI=1S/C19H27Cl3IN3OS/c1-2-3-4-5-6-7-8-9-16(27)25-17(19(20,21)22)26-18(28)24-15-12-10-14(23)11-13-15/h10-13,17H,2-9H2,1H3,(H,25,27)(H2,24,26,28). The number of benzene rings is 1. The van der Waals surface area contributed by atoms with Crippen molar-refractivity contribution in [2.24, 2.45) is 0 Å². The Hall–Kier alpha value is -0.0200. The van der Waals surface area contributed by atoms with Gasteiger partial charge in [0.25, 0.3) is 0 Å². The predicted molar refractivity (Wildman–Crippen MR) is 133 cm³/mol. The van der Waals surface area contributed by atoms with Crippen molar-refractivity contribution in [1.29, 1.82) is 0 Å². The van der Waals surface area contributed by atoms with Crippen molar-refractivity contribution in [2.45, 2.75) is 68.2 Å². The summed E-state index contributed by atoms with van der Waals surface area (Å²) in [4.78, 5) is 12.2. The van der Waals surface area contributed by atoms with E-state index in [2.05, 4.69) is 45.5 Å². The first-order valence-corrected chi connectivity index (χ1v) is 12.0. The fourth-order valence-corrected chi connectivity index (χ4v) is 3.43. The quantitative estimate of drug-likeness (QED) is 0.0919. The average molecular weight is 579 g/mol. The Balaban J connectivity index is 2.42. The zero-order chi connectivity index (χ0) is 21.0. The number of hydrogen-bond donors (Lipinski definition) is 3. The summed E-state index contributed by atoms with van der Waals surface area (Å²) in [5.41, 5.74) is 0.801. The molecule has 3 N–H and O–H groups in total. The number of alkyl halides is 3. The lowest BCUT2D eigenvalue weighted by Crippen LogP contribution is -2.56. The van der Waals surface area contributed by atoms with Gasteiger partial charge in [0.15, 0.2) is 5.11 Å². The summed E-state index contributed by atoms with van der Waals surface area (Å²) in [6.45, 7) is 2.20. The summed E-state index contributed by atoms with van der Waals surface area (Å²) in [6, 6.07) is 7.67. The first kappa shape index (κ1) is 26.0. The van der Waals surface area contributed by atoms with E-state index in [0.29, 0.717) is 6.42 Å². The Morgan fingerprint density at radius 2 is 1.61 bits per heavy atom. The summed E-state index contributed by atoms with van der Waals surface area (Å²) in [7, 11) is 0. The zero-order valence-electron chi connectivity index (χ0n) is 15.9. The van der Waals surface area contributed by atoms with Crippen LogP contribution in [0.3, 0.4) is 0 Å². The van der Waals surface area contributed by atoms with Gasteiger partial charge >= 0.3 is 0 Å². The van der Waals surface area contributed by atoms with Crippen molar-refractivity contribution in [1.82, 2.24) is 10.6 Å². The van der Waals surface area contributed by atoms with Crippen LogP contribution in [-0.2, 0) is 4.79 Å². The first-order chi connectivity index (χ1) is 13.2. The summed E-state index contributed by atoms with van der Waals surface area (Å²) < 4.78 is -0.632. The van der Waals surface area contributed by atoms with Crippen LogP contribution in [-0.4, -0.2) is 21.0 Å². The zero-order valence-corrected chi connectivity index (χ0v) is 21.1. The molecule has 1 aromatic rings. The van der Waals surface area contributed by atoms with Crippen molar-refractivity contribution in [2.75, 3.05) is 5.32 Å². The SMILES string of the molecule is CCCCCCCCCC(=O)NC(NC(=S)Nc1ccc(I)cc1)C(Cl)(Cl)Cl. The second-order valence-corrected chi connectivity index (χ2v) is 10.5. The number of rotatable bonds is 11. The van der Waals surface area contributed by atoms with Gasteiger partial charge in [-0.1, -0.05) is 80.3 Å². The molecule has 9 heteroatoms. The third kappa shape index (κ3) is 11.9. The number of hydrogen-bond acceptors (Lipinski definition) is 2. The third-order valence-electron chi connectivity index (χ3n) is 4.02. The van der Waals surface area contributed by atoms with E-state index < -0.39 is 9.96 Å². The topological polar surface area (TPSA) is 53.2 Å². The number of thiocarbonyl (C=S) groups is 1. The Labute approximate surface area is 202 Å². The van der Waals surface area contributed by atoms with Crippen LogP contribution in [0.1, 0.15) is 58.3 Å². The maximum Gasteiger partial charge on any atom is 0.228 e. The normalized spacial score (nSPS) is 12.3. The molecule has 0 radical (unpaired) electrons. The molecule has 4 nitrogen and oxygen atoms in total. The maximum atomic E-state index is 12.2. The van der Waals surface area contributed by atoms with Gasteiger partial charge in [-0.15, -0.1) is 0 Å². The molecule has 1 aromatic carbocycles. The van der Waals surface area contributed by atoms with Gasteiger partial charge < -0.3 is 16.0 Å². The minimum atomic E-state index is -1.74. The maximum absolute atomic E-state index is 12.2. The average Bonchev–Trinajstić information content (AvgIpc) is 2.61. The van der Waals surface area contributed by atoms with Crippen LogP contribution in [0.2, 0.25) is 0 Å². The molecule has 0 heterocycles. The Kier molecular flexibility index (Phi) is 13.1. The number of carbonyl (C=O) groups is 1. The molecule has 0 aliphatic carbocycles. The lowest BCUT2D eigenvalue weighted by atomic mass is 10.1. The van der Waals surface area contributed by atoms with Crippen molar-refractivity contribution >= 4 is 86.3 Å². The largest absolute Gasteiger partial charge is 0.339 e. The van der Waals surface area contributed by atoms with Gasteiger partial charge in [0.1, 0.15) is 6.17 Å². The number of anilines is 1. The lowest BCUT2D eigenvalue weighted by molar-refractivity contribution is -0.122. The van der Waals surface area contributed by atoms with Crippen LogP contribution in [0, 0.1) is 3.57 Å². The smallest absolute Gasteiger partial charge is 0.228 e. The molecule has 0 bridgehead atoms. The van der Waals surface area contributed by atoms with Crippen molar-refractivity contribution in [3.8, 4) is 0 Å². The number of carbonyl (C=O) groups excluding carboxylic acids is 1. The molecule has 0 fully saturated rings. The fourth-order valence-electron chi connectivity index (χ4n) is 2.51. The fraction of sp³-hybridized carbons (Fsp3) is 0.579. The lowest BCUT2D eigenvalue weighted by Gasteiger charge is -2.27. The summed E-state index contributed by atoms with van der Waals surface area (Å²) in [6.07, 6.45) is 7.41. The van der Waals surface area contributed by atoms with Crippen molar-refractivity contribution in [3.63, 3.8) is 0 Å². The van der Waals surface area contributed by atoms with Gasteiger partial charge in [-0.3, -0.25) is 4.79 Å². The predicted octanol–water partition coefficient (Wildman–Crippen LogP) is 6.53. The molecule has 0 aliphatic rings. The highest BCUT2D eigenvalue weighted by Gasteiger charge is 2.34. The Morgan fingerprint density at radius 1 is 1.04 bits per heavy atom. The van der Waals surface area contributed by atoms with Crippen molar-refractivity contribution < 1.29 is 4.79 Å². The minimum absolute atomic E-state index is 0.172. The minimum Gasteiger partial charge on any atom is -0.339 e. The molecule has 0 aliphatic heterocycles. The molecule has 158 valence electrons. The highest BCUT2D eigenvalue weighted by molar-refractivity contribution is 14.1. The Bertz CT molecular complexity index is 611. The molecule has 0 saturated carbocycles. The van der Waals surface area contributed by atoms with Gasteiger partial charge in [0, 0.05) is 15.7 Å². The van der Waals surface area contributed by atoms with E-state index >= 15 is 0 Å². The second-order valence-electron chi connectivity index (χ2n) is 6.52. The van der Waals surface area contributed by atoms with Gasteiger partial charge in [-0.2, -0.15) is 0 Å². The van der Waals surface area contributed by atoms with E-state index in [-0.39, 0.29) is 11.0 Å². The van der Waals surface area contributed by atoms with Crippen LogP contribution >= 0.6 is 69.6 Å². The van der Waals surface area contributed by atoms with Gasteiger partial charge in [-0.25, -0.2) is 0 Å². The van der Waals surface area contributed by atoms with Crippen molar-refractivity contribution in [3.05, 3.63) is 27.8 Å². The van der Waals surface area contributed by atoms with E-state index in [9.17, 15) is 4.79 Å². The molecule has 28 heavy (non-hydrogen) atoms. The van der Waals surface area contributed by atoms with Crippen LogP contribution in [0.4, 0.5) is 5.69 Å². The molecule has 0 aromatic heterocycles. The number of nitrogens with one attached hydrogen (secondary N) is 3. The molecule has 1 atom stereocenters. The van der Waals surface area contributed by atoms with E-state index in [0.717, 1.165) is 28.5 Å². The van der Waals surface area contributed by atoms with E-state index in [1.807, 2.05) is 24.3 Å². The number of amides is 1. The molecule has 0 spiro atoms. The molecular formula is C19H27Cl3IN3OS. The summed E-state index contributed by atoms with van der Waals surface area (Å²) >= 11 is 25.5. The second kappa shape index (κ2) is 14.1. The highest BCUT2D eigenvalue weighted by Crippen LogP contribution is 2.29. The molecule has 1 rings (SSSR count). The first-order valence-electron chi connectivity index (χ1n) is 9.41. The third-order valence-corrected chi connectivity index (χ3v) is 5.61. The number of halogens is 4. The van der Waals surface area contributed by atoms with Gasteiger partial charge in [-0.05, 0) is 65.5 Å². The van der Waals surface area contributed by atoms with Crippen LogP contribution in [0.5, 0.6) is 0 Å². The molecule has 1 unspecified atom stereocenters. The highest BCUT2D eigenvalue weighted by atomic mass is 127. The number of unbranched alkanes of at least 4 members (excludes halogenated alkanes) is 6. The van der Waals surface area contributed by atoms with Gasteiger partial charge in [0.05, 0.1) is 0 Å². The summed E-state index contributed by atoms with van der Waals surface area (Å²) in [5.74, 6) is -0.172.